The molecule has 0 radical (unpaired) electrons. The Labute approximate surface area is 173 Å². The van der Waals surface area contributed by atoms with Crippen LogP contribution < -0.4 is 5.32 Å². The van der Waals surface area contributed by atoms with E-state index in [2.05, 4.69) is 5.32 Å². The molecule has 6 nitrogen and oxygen atoms in total. The molecule has 4 rings (SSSR count). The lowest BCUT2D eigenvalue weighted by atomic mass is 9.82. The Morgan fingerprint density at radius 3 is 2.30 bits per heavy atom. The normalized spacial score (nSPS) is 16.4. The maximum absolute atomic E-state index is 13.5. The van der Waals surface area contributed by atoms with Gasteiger partial charge in [0.15, 0.2) is 5.78 Å². The molecule has 0 saturated heterocycles. The molecule has 0 saturated carbocycles. The van der Waals surface area contributed by atoms with Crippen LogP contribution in [0.25, 0.3) is 5.70 Å². The number of hydrogen-bond donors (Lipinski definition) is 1. The SMILES string of the molecule is CC1=C(C(=O)c2ccc(C)cc2)C(c2ccco2)C([N+](=O)[O-])=C(c2ccccc2)N1. The largest absolute Gasteiger partial charge is 0.468 e. The molecule has 2 heterocycles. The van der Waals surface area contributed by atoms with E-state index < -0.39 is 10.8 Å². The van der Waals surface area contributed by atoms with Gasteiger partial charge in [-0.1, -0.05) is 60.2 Å². The molecule has 1 N–H and O–H groups in total. The number of furan rings is 1. The lowest BCUT2D eigenvalue weighted by Crippen LogP contribution is -2.31. The summed E-state index contributed by atoms with van der Waals surface area (Å²) in [5.41, 5.74) is 3.28. The van der Waals surface area contributed by atoms with Crippen molar-refractivity contribution < 1.29 is 14.1 Å². The van der Waals surface area contributed by atoms with Crippen LogP contribution in [0.4, 0.5) is 0 Å². The van der Waals surface area contributed by atoms with E-state index in [1.165, 1.54) is 6.26 Å². The Hall–Kier alpha value is -3.93. The average Bonchev–Trinajstić information content (AvgIpc) is 3.28. The maximum atomic E-state index is 13.5. The van der Waals surface area contributed by atoms with Gasteiger partial charge in [0.25, 0.3) is 5.70 Å². The highest BCUT2D eigenvalue weighted by Gasteiger charge is 2.43. The number of nitro groups is 1. The first-order valence-corrected chi connectivity index (χ1v) is 9.54. The van der Waals surface area contributed by atoms with Crippen molar-refractivity contribution in [2.24, 2.45) is 0 Å². The second-order valence-electron chi connectivity index (χ2n) is 7.19. The van der Waals surface area contributed by atoms with Gasteiger partial charge in [0.05, 0.1) is 11.2 Å². The van der Waals surface area contributed by atoms with E-state index >= 15 is 0 Å². The molecule has 0 spiro atoms. The van der Waals surface area contributed by atoms with Crippen molar-refractivity contribution in [2.75, 3.05) is 0 Å². The van der Waals surface area contributed by atoms with Crippen molar-refractivity contribution in [3.63, 3.8) is 0 Å². The Balaban J connectivity index is 1.92. The van der Waals surface area contributed by atoms with Crippen LogP contribution in [0.5, 0.6) is 0 Å². The van der Waals surface area contributed by atoms with E-state index in [1.54, 1.807) is 43.3 Å². The summed E-state index contributed by atoms with van der Waals surface area (Å²) in [6.45, 7) is 3.70. The summed E-state index contributed by atoms with van der Waals surface area (Å²) in [5.74, 6) is -0.848. The van der Waals surface area contributed by atoms with Gasteiger partial charge in [-0.15, -0.1) is 0 Å². The van der Waals surface area contributed by atoms with Gasteiger partial charge in [-0.3, -0.25) is 14.9 Å². The molecule has 1 aromatic heterocycles. The molecule has 150 valence electrons. The van der Waals surface area contributed by atoms with Gasteiger partial charge < -0.3 is 9.73 Å². The van der Waals surface area contributed by atoms with Crippen molar-refractivity contribution in [1.29, 1.82) is 0 Å². The van der Waals surface area contributed by atoms with Crippen LogP contribution in [0.3, 0.4) is 0 Å². The maximum Gasteiger partial charge on any atom is 0.285 e. The number of nitrogens with one attached hydrogen (secondary N) is 1. The summed E-state index contributed by atoms with van der Waals surface area (Å²) >= 11 is 0. The smallest absolute Gasteiger partial charge is 0.285 e. The fourth-order valence-electron chi connectivity index (χ4n) is 3.73. The number of carbonyl (C=O) groups is 1. The van der Waals surface area contributed by atoms with Gasteiger partial charge in [0.2, 0.25) is 0 Å². The number of allylic oxidation sites excluding steroid dienone is 2. The molecular weight excluding hydrogens is 380 g/mol. The summed E-state index contributed by atoms with van der Waals surface area (Å²) in [4.78, 5) is 25.3. The van der Waals surface area contributed by atoms with E-state index in [-0.39, 0.29) is 11.5 Å². The predicted octanol–water partition coefficient (Wildman–Crippen LogP) is 5.08. The summed E-state index contributed by atoms with van der Waals surface area (Å²) < 4.78 is 5.57. The van der Waals surface area contributed by atoms with E-state index in [1.807, 2.05) is 37.3 Å². The molecule has 6 heteroatoms. The second-order valence-corrected chi connectivity index (χ2v) is 7.19. The number of rotatable bonds is 5. The molecule has 0 bridgehead atoms. The zero-order valence-electron chi connectivity index (χ0n) is 16.6. The van der Waals surface area contributed by atoms with Crippen molar-refractivity contribution >= 4 is 11.5 Å². The molecule has 1 aliphatic heterocycles. The minimum atomic E-state index is -0.930. The fourth-order valence-corrected chi connectivity index (χ4v) is 3.73. The number of Topliss-reactive ketones (excluding diaryl/α,β-unsaturated/α-hetero) is 1. The van der Waals surface area contributed by atoms with E-state index in [0.29, 0.717) is 33.9 Å². The predicted molar refractivity (Wildman–Crippen MR) is 113 cm³/mol. The number of aryl methyl sites for hydroxylation is 1. The summed E-state index contributed by atoms with van der Waals surface area (Å²) in [6.07, 6.45) is 1.46. The van der Waals surface area contributed by atoms with Crippen LogP contribution >= 0.6 is 0 Å². The number of benzene rings is 2. The summed E-state index contributed by atoms with van der Waals surface area (Å²) in [7, 11) is 0. The first-order valence-electron chi connectivity index (χ1n) is 9.54. The van der Waals surface area contributed by atoms with E-state index in [9.17, 15) is 14.9 Å². The highest BCUT2D eigenvalue weighted by atomic mass is 16.6. The topological polar surface area (TPSA) is 85.4 Å². The molecule has 1 aliphatic rings. The molecular formula is C24H20N2O4. The van der Waals surface area contributed by atoms with Gasteiger partial charge in [0.1, 0.15) is 17.4 Å². The molecule has 2 aromatic carbocycles. The lowest BCUT2D eigenvalue weighted by molar-refractivity contribution is -0.428. The number of dihydropyridines is 1. The van der Waals surface area contributed by atoms with E-state index in [0.717, 1.165) is 5.56 Å². The Bertz CT molecular complexity index is 1160. The van der Waals surface area contributed by atoms with Crippen LogP contribution in [-0.2, 0) is 0 Å². The van der Waals surface area contributed by atoms with Gasteiger partial charge in [-0.25, -0.2) is 0 Å². The van der Waals surface area contributed by atoms with Crippen LogP contribution in [-0.4, -0.2) is 10.7 Å². The van der Waals surface area contributed by atoms with Crippen molar-refractivity contribution in [1.82, 2.24) is 5.32 Å². The average molecular weight is 400 g/mol. The molecule has 1 unspecified atom stereocenters. The van der Waals surface area contributed by atoms with Crippen LogP contribution in [0.1, 0.15) is 40.1 Å². The molecule has 0 aliphatic carbocycles. The molecule has 3 aromatic rings. The van der Waals surface area contributed by atoms with Gasteiger partial charge >= 0.3 is 0 Å². The fraction of sp³-hybridized carbons (Fsp3) is 0.125. The molecule has 30 heavy (non-hydrogen) atoms. The third kappa shape index (κ3) is 3.43. The zero-order chi connectivity index (χ0) is 21.3. The highest BCUT2D eigenvalue weighted by molar-refractivity contribution is 6.11. The van der Waals surface area contributed by atoms with Gasteiger partial charge in [-0.2, -0.15) is 0 Å². The summed E-state index contributed by atoms with van der Waals surface area (Å²) in [6, 6.07) is 19.6. The lowest BCUT2D eigenvalue weighted by Gasteiger charge is -2.27. The Morgan fingerprint density at radius 1 is 1.00 bits per heavy atom. The van der Waals surface area contributed by atoms with Gasteiger partial charge in [0, 0.05) is 22.4 Å². The number of hydrogen-bond acceptors (Lipinski definition) is 5. The standard InChI is InChI=1S/C24H20N2O4/c1-15-10-12-18(13-11-15)24(27)20-16(2)25-22(17-7-4-3-5-8-17)23(26(28)29)21(20)19-9-6-14-30-19/h3-14,21,25H,1-2H3. The Morgan fingerprint density at radius 2 is 1.70 bits per heavy atom. The van der Waals surface area contributed by atoms with Gasteiger partial charge in [-0.05, 0) is 26.0 Å². The van der Waals surface area contributed by atoms with Crippen LogP contribution in [0, 0.1) is 17.0 Å². The Kier molecular flexibility index (Phi) is 5.06. The summed E-state index contributed by atoms with van der Waals surface area (Å²) in [5, 5.41) is 15.4. The number of carbonyl (C=O) groups excluding carboxylic acids is 1. The van der Waals surface area contributed by atoms with Crippen molar-refractivity contribution in [3.8, 4) is 0 Å². The number of nitrogens with zero attached hydrogens (tertiary/aromatic N) is 1. The van der Waals surface area contributed by atoms with Crippen LogP contribution in [0.2, 0.25) is 0 Å². The molecule has 0 fully saturated rings. The molecule has 0 amide bonds. The van der Waals surface area contributed by atoms with E-state index in [4.69, 9.17) is 4.42 Å². The van der Waals surface area contributed by atoms with Crippen molar-refractivity contribution in [3.05, 3.63) is 123 Å². The minimum Gasteiger partial charge on any atom is -0.468 e. The van der Waals surface area contributed by atoms with Crippen molar-refractivity contribution in [2.45, 2.75) is 19.8 Å². The second kappa shape index (κ2) is 7.83. The first kappa shape index (κ1) is 19.4. The zero-order valence-corrected chi connectivity index (χ0v) is 16.6. The first-order chi connectivity index (χ1) is 14.5. The highest BCUT2D eigenvalue weighted by Crippen LogP contribution is 2.42. The van der Waals surface area contributed by atoms with Crippen LogP contribution in [0.15, 0.2) is 94.4 Å². The third-order valence-corrected chi connectivity index (χ3v) is 5.18. The quantitative estimate of drug-likeness (QED) is 0.367. The third-order valence-electron chi connectivity index (χ3n) is 5.18. The number of ketones is 1. The monoisotopic (exact) mass is 400 g/mol. The minimum absolute atomic E-state index is 0.114. The molecule has 1 atom stereocenters.